The van der Waals surface area contributed by atoms with Crippen molar-refractivity contribution in [2.24, 2.45) is 44.3 Å². The predicted octanol–water partition coefficient (Wildman–Crippen LogP) is 9.22. The van der Waals surface area contributed by atoms with Crippen LogP contribution < -0.4 is 0 Å². The van der Waals surface area contributed by atoms with E-state index in [1.54, 1.807) is 0 Å². The zero-order valence-electron chi connectivity index (χ0n) is 25.3. The molecule has 0 aromatic heterocycles. The average molecular weight is 535 g/mol. The zero-order chi connectivity index (χ0) is 28.6. The molecule has 210 valence electrons. The van der Waals surface area contributed by atoms with E-state index < -0.39 is 21.7 Å². The molecular weight excluding hydrogens is 488 g/mol. The Kier molecular flexibility index (Phi) is 6.09. The fourth-order valence-corrected chi connectivity index (χ4v) is 10.6. The Balaban J connectivity index is 1.56. The van der Waals surface area contributed by atoms with Crippen LogP contribution in [0.15, 0.2) is 72.8 Å². The lowest BCUT2D eigenvalue weighted by Gasteiger charge is -2.55. The Bertz CT molecular complexity index is 1270. The minimum Gasteiger partial charge on any atom is -0.298 e. The van der Waals surface area contributed by atoms with E-state index >= 15 is 9.59 Å². The summed E-state index contributed by atoms with van der Waals surface area (Å²) in [6, 6.07) is 20.7. The van der Waals surface area contributed by atoms with Gasteiger partial charge in [0.25, 0.3) is 0 Å². The van der Waals surface area contributed by atoms with Crippen LogP contribution in [0.1, 0.15) is 91.2 Å². The number of hydrogen-bond acceptors (Lipinski definition) is 2. The highest BCUT2D eigenvalue weighted by Gasteiger charge is 2.85. The largest absolute Gasteiger partial charge is 0.298 e. The first-order chi connectivity index (χ1) is 18.9. The fourth-order valence-electron chi connectivity index (χ4n) is 10.6. The van der Waals surface area contributed by atoms with Crippen molar-refractivity contribution >= 4 is 23.7 Å². The maximum atomic E-state index is 15.2. The smallest absolute Gasteiger partial charge is 0.147 e. The third kappa shape index (κ3) is 3.17. The summed E-state index contributed by atoms with van der Waals surface area (Å²) in [6.07, 6.45) is 14.0. The highest BCUT2D eigenvalue weighted by Crippen LogP contribution is 2.83. The summed E-state index contributed by atoms with van der Waals surface area (Å²) in [5, 5.41) is 0. The lowest BCUT2D eigenvalue weighted by Crippen LogP contribution is -2.59. The van der Waals surface area contributed by atoms with E-state index in [-0.39, 0.29) is 22.7 Å². The minimum absolute atomic E-state index is 0.145. The van der Waals surface area contributed by atoms with E-state index in [1.807, 2.05) is 12.1 Å². The van der Waals surface area contributed by atoms with E-state index in [4.69, 9.17) is 0 Å². The normalized spacial score (nSPS) is 39.2. The number of carbonyl (C=O) groups is 2. The molecule has 4 saturated carbocycles. The molecule has 0 N–H and O–H groups in total. The van der Waals surface area contributed by atoms with Gasteiger partial charge >= 0.3 is 0 Å². The number of benzene rings is 2. The molecule has 2 nitrogen and oxygen atoms in total. The van der Waals surface area contributed by atoms with Crippen LogP contribution in [0.25, 0.3) is 12.2 Å². The molecule has 6 atom stereocenters. The number of carbonyl (C=O) groups excluding carboxylic acids is 2. The first-order valence-corrected chi connectivity index (χ1v) is 15.4. The highest BCUT2D eigenvalue weighted by atomic mass is 16.1. The zero-order valence-corrected chi connectivity index (χ0v) is 25.3. The minimum atomic E-state index is -0.701. The number of ketones is 2. The van der Waals surface area contributed by atoms with E-state index in [9.17, 15) is 0 Å². The van der Waals surface area contributed by atoms with E-state index in [0.29, 0.717) is 24.4 Å². The summed E-state index contributed by atoms with van der Waals surface area (Å²) in [5.41, 5.74) is -0.211. The van der Waals surface area contributed by atoms with Gasteiger partial charge in [-0.05, 0) is 72.3 Å². The maximum Gasteiger partial charge on any atom is 0.147 e. The summed E-state index contributed by atoms with van der Waals surface area (Å²) in [4.78, 5) is 30.4. The molecule has 40 heavy (non-hydrogen) atoms. The Morgan fingerprint density at radius 1 is 0.600 bits per heavy atom. The van der Waals surface area contributed by atoms with Crippen molar-refractivity contribution < 1.29 is 9.59 Å². The summed E-state index contributed by atoms with van der Waals surface area (Å²) in [7, 11) is 0. The van der Waals surface area contributed by atoms with Crippen molar-refractivity contribution in [3.05, 3.63) is 83.9 Å². The second kappa shape index (κ2) is 8.88. The van der Waals surface area contributed by atoms with Crippen LogP contribution in [0.5, 0.6) is 0 Å². The second-order valence-corrected chi connectivity index (χ2v) is 14.9. The Hall–Kier alpha value is -2.74. The molecular formula is C38H46O2. The molecule has 0 spiro atoms. The van der Waals surface area contributed by atoms with E-state index in [0.717, 1.165) is 36.8 Å². The molecule has 2 aromatic carbocycles. The number of fused-ring (bicyclic) bond motifs is 4. The quantitative estimate of drug-likeness (QED) is 0.355. The highest BCUT2D eigenvalue weighted by molar-refractivity contribution is 6.05. The van der Waals surface area contributed by atoms with Crippen molar-refractivity contribution in [1.82, 2.24) is 0 Å². The SMILES string of the molecule is CC1(C)[C@H]2CC[C@@]1(C)C(=O)[C@]2(C/C=C\c1ccccc1)[C@]1(C/C=C\c2ccccc2)C(=O)[C@@]2(C)CC[C@H]1C2(C)C. The molecule has 6 rings (SSSR count). The molecule has 0 radical (unpaired) electrons. The Labute approximate surface area is 241 Å². The van der Waals surface area contributed by atoms with Crippen molar-refractivity contribution in [1.29, 1.82) is 0 Å². The molecule has 0 amide bonds. The van der Waals surface area contributed by atoms with Crippen LogP contribution in [-0.2, 0) is 9.59 Å². The maximum absolute atomic E-state index is 15.2. The van der Waals surface area contributed by atoms with Gasteiger partial charge in [-0.1, -0.05) is 127 Å². The average Bonchev–Trinajstić information content (AvgIpc) is 3.42. The predicted molar refractivity (Wildman–Crippen MR) is 164 cm³/mol. The standard InChI is InChI=1S/C38H46O2/c1-33(2)29-21-25-35(33,5)31(39)37(29,23-13-19-27-15-9-7-10-16-27)38(24-14-20-28-17-11-8-12-18-28)30-22-26-36(6,32(38)40)34(30,3)4/h7-20,29-30H,21-26H2,1-6H3/b19-13-,20-14-/t29-,30+,35+,36-,37-,38+. The molecule has 4 bridgehead atoms. The van der Waals surface area contributed by atoms with Gasteiger partial charge in [-0.15, -0.1) is 0 Å². The number of rotatable bonds is 7. The summed E-state index contributed by atoms with van der Waals surface area (Å²) >= 11 is 0. The molecule has 4 aliphatic rings. The molecule has 0 heterocycles. The number of allylic oxidation sites excluding steroid dienone is 2. The van der Waals surface area contributed by atoms with Gasteiger partial charge in [-0.3, -0.25) is 9.59 Å². The third-order valence-corrected chi connectivity index (χ3v) is 13.4. The number of Topliss-reactive ketones (excluding diaryl/α,β-unsaturated/α-hetero) is 2. The van der Waals surface area contributed by atoms with Gasteiger partial charge in [0.2, 0.25) is 0 Å². The van der Waals surface area contributed by atoms with E-state index in [1.165, 1.54) is 0 Å². The lowest BCUT2D eigenvalue weighted by molar-refractivity contribution is -0.163. The van der Waals surface area contributed by atoms with Gasteiger partial charge in [-0.2, -0.15) is 0 Å². The van der Waals surface area contributed by atoms with Gasteiger partial charge in [0, 0.05) is 21.7 Å². The number of hydrogen-bond donors (Lipinski definition) is 0. The van der Waals surface area contributed by atoms with Crippen LogP contribution in [0.2, 0.25) is 0 Å². The Morgan fingerprint density at radius 3 is 1.25 bits per heavy atom. The van der Waals surface area contributed by atoms with Crippen LogP contribution >= 0.6 is 0 Å². The van der Waals surface area contributed by atoms with Crippen molar-refractivity contribution in [2.75, 3.05) is 0 Å². The molecule has 2 heteroatoms. The summed E-state index contributed by atoms with van der Waals surface area (Å²) < 4.78 is 0. The van der Waals surface area contributed by atoms with Crippen molar-refractivity contribution in [3.8, 4) is 0 Å². The molecule has 4 fully saturated rings. The third-order valence-electron chi connectivity index (χ3n) is 13.4. The van der Waals surface area contributed by atoms with Gasteiger partial charge in [0.15, 0.2) is 0 Å². The van der Waals surface area contributed by atoms with Crippen LogP contribution in [0.4, 0.5) is 0 Å². The molecule has 0 saturated heterocycles. The first-order valence-electron chi connectivity index (χ1n) is 15.4. The van der Waals surface area contributed by atoms with Crippen LogP contribution in [0, 0.1) is 44.3 Å². The van der Waals surface area contributed by atoms with Crippen molar-refractivity contribution in [2.45, 2.75) is 80.1 Å². The van der Waals surface area contributed by atoms with E-state index in [2.05, 4.69) is 114 Å². The second-order valence-electron chi connectivity index (χ2n) is 14.9. The molecule has 0 aliphatic heterocycles. The topological polar surface area (TPSA) is 34.1 Å². The molecule has 2 aromatic rings. The fraction of sp³-hybridized carbons (Fsp3) is 0.526. The van der Waals surface area contributed by atoms with Gasteiger partial charge in [-0.25, -0.2) is 0 Å². The first kappa shape index (κ1) is 27.4. The van der Waals surface area contributed by atoms with Gasteiger partial charge in [0.1, 0.15) is 11.6 Å². The Morgan fingerprint density at radius 2 is 0.950 bits per heavy atom. The lowest BCUT2D eigenvalue weighted by atomic mass is 9.45. The van der Waals surface area contributed by atoms with Gasteiger partial charge in [0.05, 0.1) is 0 Å². The van der Waals surface area contributed by atoms with Crippen LogP contribution in [0.3, 0.4) is 0 Å². The molecule has 4 aliphatic carbocycles. The van der Waals surface area contributed by atoms with Crippen molar-refractivity contribution in [3.63, 3.8) is 0 Å². The van der Waals surface area contributed by atoms with Crippen LogP contribution in [-0.4, -0.2) is 11.6 Å². The monoisotopic (exact) mass is 534 g/mol. The van der Waals surface area contributed by atoms with Gasteiger partial charge < -0.3 is 0 Å². The summed E-state index contributed by atoms with van der Waals surface area (Å²) in [5.74, 6) is 1.11. The molecule has 0 unspecified atom stereocenters. The summed E-state index contributed by atoms with van der Waals surface area (Å²) in [6.45, 7) is 13.7.